The molecule has 2 heteroatoms. The predicted molar refractivity (Wildman–Crippen MR) is 36.2 cm³/mol. The Balaban J connectivity index is 2.40. The number of alkyl halides is 1. The van der Waals surface area contributed by atoms with Crippen LogP contribution < -0.4 is 0 Å². The number of hydrogen-bond donors (Lipinski definition) is 0. The number of halogens is 1. The Kier molecular flexibility index (Phi) is 2.06. The summed E-state index contributed by atoms with van der Waals surface area (Å²) in [4.78, 5) is 1.98. The molecule has 2 atom stereocenters. The van der Waals surface area contributed by atoms with Crippen LogP contribution in [0.25, 0.3) is 0 Å². The predicted octanol–water partition coefficient (Wildman–Crippen LogP) is 1.44. The first-order valence-electron chi connectivity index (χ1n) is 3.52. The molecule has 1 nitrogen and oxygen atoms in total. The summed E-state index contributed by atoms with van der Waals surface area (Å²) in [6.07, 6.45) is 2.29. The summed E-state index contributed by atoms with van der Waals surface area (Å²) >= 11 is 0. The standard InChI is InChI=1S/C7H14FN/c1-9(2)7-5-3-4-6(7)8/h6-7H,3-5H2,1-2H3/t6-,7?/m0/s1. The molecule has 1 rings (SSSR count). The van der Waals surface area contributed by atoms with E-state index >= 15 is 0 Å². The van der Waals surface area contributed by atoms with Crippen LogP contribution in [0.3, 0.4) is 0 Å². The first kappa shape index (κ1) is 7.00. The monoisotopic (exact) mass is 131 g/mol. The quantitative estimate of drug-likeness (QED) is 0.520. The molecule has 1 unspecified atom stereocenters. The molecule has 0 aromatic heterocycles. The molecule has 54 valence electrons. The van der Waals surface area contributed by atoms with Crippen molar-refractivity contribution in [3.05, 3.63) is 0 Å². The van der Waals surface area contributed by atoms with Crippen molar-refractivity contribution in [1.82, 2.24) is 4.90 Å². The fraction of sp³-hybridized carbons (Fsp3) is 1.00. The third-order valence-electron chi connectivity index (χ3n) is 2.06. The van der Waals surface area contributed by atoms with Gasteiger partial charge in [0, 0.05) is 6.04 Å². The van der Waals surface area contributed by atoms with Gasteiger partial charge in [-0.05, 0) is 33.4 Å². The smallest absolute Gasteiger partial charge is 0.116 e. The lowest BCUT2D eigenvalue weighted by molar-refractivity contribution is 0.186. The second-order valence-electron chi connectivity index (χ2n) is 2.98. The Labute approximate surface area is 55.8 Å². The van der Waals surface area contributed by atoms with Crippen LogP contribution in [0.2, 0.25) is 0 Å². The van der Waals surface area contributed by atoms with E-state index in [4.69, 9.17) is 0 Å². The van der Waals surface area contributed by atoms with Crippen molar-refractivity contribution in [1.29, 1.82) is 0 Å². The van der Waals surface area contributed by atoms with E-state index in [1.807, 2.05) is 19.0 Å². The van der Waals surface area contributed by atoms with Gasteiger partial charge in [-0.1, -0.05) is 0 Å². The van der Waals surface area contributed by atoms with Gasteiger partial charge in [-0.2, -0.15) is 0 Å². The number of nitrogens with zero attached hydrogens (tertiary/aromatic N) is 1. The van der Waals surface area contributed by atoms with Crippen LogP contribution in [-0.2, 0) is 0 Å². The van der Waals surface area contributed by atoms with Crippen LogP contribution in [0.15, 0.2) is 0 Å². The molecule has 1 aliphatic carbocycles. The SMILES string of the molecule is CN(C)C1CCC[C@@H]1F. The fourth-order valence-electron chi connectivity index (χ4n) is 1.48. The molecule has 0 saturated heterocycles. The van der Waals surface area contributed by atoms with Crippen molar-refractivity contribution >= 4 is 0 Å². The van der Waals surface area contributed by atoms with Crippen molar-refractivity contribution in [3.8, 4) is 0 Å². The minimum Gasteiger partial charge on any atom is -0.304 e. The van der Waals surface area contributed by atoms with Crippen molar-refractivity contribution < 1.29 is 4.39 Å². The topological polar surface area (TPSA) is 3.24 Å². The lowest BCUT2D eigenvalue weighted by Crippen LogP contribution is -2.32. The molecule has 0 spiro atoms. The van der Waals surface area contributed by atoms with Crippen molar-refractivity contribution in [3.63, 3.8) is 0 Å². The summed E-state index contributed by atoms with van der Waals surface area (Å²) in [5.74, 6) is 0. The van der Waals surface area contributed by atoms with Gasteiger partial charge >= 0.3 is 0 Å². The van der Waals surface area contributed by atoms with E-state index in [0.717, 1.165) is 19.3 Å². The van der Waals surface area contributed by atoms with Crippen molar-refractivity contribution in [2.24, 2.45) is 0 Å². The molecule has 1 fully saturated rings. The highest BCUT2D eigenvalue weighted by Crippen LogP contribution is 2.24. The average molecular weight is 131 g/mol. The molecular formula is C7H14FN. The summed E-state index contributed by atoms with van der Waals surface area (Å²) in [7, 11) is 3.89. The molecule has 0 bridgehead atoms. The lowest BCUT2D eigenvalue weighted by atomic mass is 10.2. The van der Waals surface area contributed by atoms with E-state index in [1.165, 1.54) is 0 Å². The highest BCUT2D eigenvalue weighted by atomic mass is 19.1. The second-order valence-corrected chi connectivity index (χ2v) is 2.98. The third kappa shape index (κ3) is 1.42. The molecule has 0 radical (unpaired) electrons. The zero-order valence-corrected chi connectivity index (χ0v) is 6.10. The van der Waals surface area contributed by atoms with Crippen LogP contribution in [0, 0.1) is 0 Å². The molecule has 0 aromatic rings. The minimum absolute atomic E-state index is 0.199. The first-order chi connectivity index (χ1) is 4.22. The van der Waals surface area contributed by atoms with Gasteiger partial charge in [-0.3, -0.25) is 0 Å². The van der Waals surface area contributed by atoms with E-state index < -0.39 is 6.17 Å². The third-order valence-corrected chi connectivity index (χ3v) is 2.06. The summed E-state index contributed by atoms with van der Waals surface area (Å²) in [6.45, 7) is 0. The summed E-state index contributed by atoms with van der Waals surface area (Å²) in [5, 5.41) is 0. The van der Waals surface area contributed by atoms with Crippen molar-refractivity contribution in [2.75, 3.05) is 14.1 Å². The normalized spacial score (nSPS) is 36.0. The molecule has 0 amide bonds. The van der Waals surface area contributed by atoms with Gasteiger partial charge < -0.3 is 4.90 Å². The van der Waals surface area contributed by atoms with E-state index in [1.54, 1.807) is 0 Å². The molecule has 0 N–H and O–H groups in total. The van der Waals surface area contributed by atoms with Crippen LogP contribution in [-0.4, -0.2) is 31.2 Å². The molecule has 9 heavy (non-hydrogen) atoms. The molecule has 0 aliphatic heterocycles. The second kappa shape index (κ2) is 2.65. The fourth-order valence-corrected chi connectivity index (χ4v) is 1.48. The first-order valence-corrected chi connectivity index (χ1v) is 3.52. The summed E-state index contributed by atoms with van der Waals surface area (Å²) in [5.41, 5.74) is 0. The van der Waals surface area contributed by atoms with Gasteiger partial charge in [0.25, 0.3) is 0 Å². The van der Waals surface area contributed by atoms with Crippen LogP contribution in [0.5, 0.6) is 0 Å². The zero-order chi connectivity index (χ0) is 6.85. The maximum Gasteiger partial charge on any atom is 0.116 e. The summed E-state index contributed by atoms with van der Waals surface area (Å²) < 4.78 is 12.8. The van der Waals surface area contributed by atoms with E-state index in [-0.39, 0.29) is 6.04 Å². The molecule has 0 aromatic carbocycles. The highest BCUT2D eigenvalue weighted by Gasteiger charge is 2.27. The van der Waals surface area contributed by atoms with E-state index in [2.05, 4.69) is 0 Å². The van der Waals surface area contributed by atoms with E-state index in [0.29, 0.717) is 0 Å². The van der Waals surface area contributed by atoms with Gasteiger partial charge in [0.05, 0.1) is 0 Å². The Morgan fingerprint density at radius 3 is 2.22 bits per heavy atom. The van der Waals surface area contributed by atoms with Gasteiger partial charge in [0.1, 0.15) is 6.17 Å². The Morgan fingerprint density at radius 1 is 1.33 bits per heavy atom. The molecule has 1 aliphatic rings. The molecular weight excluding hydrogens is 117 g/mol. The van der Waals surface area contributed by atoms with Crippen LogP contribution >= 0.6 is 0 Å². The van der Waals surface area contributed by atoms with Gasteiger partial charge in [0.15, 0.2) is 0 Å². The lowest BCUT2D eigenvalue weighted by Gasteiger charge is -2.20. The van der Waals surface area contributed by atoms with Gasteiger partial charge in [-0.25, -0.2) is 4.39 Å². The van der Waals surface area contributed by atoms with Crippen LogP contribution in [0.4, 0.5) is 4.39 Å². The Bertz CT molecular complexity index is 92.9. The highest BCUT2D eigenvalue weighted by molar-refractivity contribution is 4.82. The molecule has 0 heterocycles. The van der Waals surface area contributed by atoms with Crippen LogP contribution in [0.1, 0.15) is 19.3 Å². The maximum atomic E-state index is 12.8. The number of rotatable bonds is 1. The minimum atomic E-state index is -0.569. The van der Waals surface area contributed by atoms with Gasteiger partial charge in [0.2, 0.25) is 0 Å². The van der Waals surface area contributed by atoms with E-state index in [9.17, 15) is 4.39 Å². The summed E-state index contributed by atoms with van der Waals surface area (Å²) in [6, 6.07) is 0.199. The number of hydrogen-bond acceptors (Lipinski definition) is 1. The van der Waals surface area contributed by atoms with Gasteiger partial charge in [-0.15, -0.1) is 0 Å². The zero-order valence-electron chi connectivity index (χ0n) is 6.10. The average Bonchev–Trinajstić information content (AvgIpc) is 2.13. The Hall–Kier alpha value is -0.110. The Morgan fingerprint density at radius 2 is 2.00 bits per heavy atom. The molecule has 1 saturated carbocycles. The largest absolute Gasteiger partial charge is 0.304 e. The van der Waals surface area contributed by atoms with Crippen molar-refractivity contribution in [2.45, 2.75) is 31.5 Å². The maximum absolute atomic E-state index is 12.8.